The fourth-order valence-electron chi connectivity index (χ4n) is 2.23. The van der Waals surface area contributed by atoms with Crippen molar-refractivity contribution >= 4 is 20.1 Å². The molecule has 1 aliphatic rings. The molecule has 0 aromatic rings. The van der Waals surface area contributed by atoms with Crippen LogP contribution >= 0.6 is 0 Å². The fraction of sp³-hybridized carbons (Fsp3) is 0.867. The number of esters is 1. The molecular weight excluding hydrogens is 272 g/mol. The molecule has 0 aliphatic heterocycles. The quantitative estimate of drug-likeness (QED) is 0.577. The second kappa shape index (κ2) is 6.39. The molecule has 2 atom stereocenters. The van der Waals surface area contributed by atoms with Crippen LogP contribution in [-0.4, -0.2) is 32.8 Å². The first-order valence-corrected chi connectivity index (χ1v) is 10.3. The Labute approximate surface area is 123 Å². The van der Waals surface area contributed by atoms with Crippen LogP contribution in [0.25, 0.3) is 0 Å². The minimum atomic E-state index is -1.92. The second-order valence-electron chi connectivity index (χ2n) is 7.13. The van der Waals surface area contributed by atoms with Gasteiger partial charge in [0.1, 0.15) is 5.78 Å². The average Bonchev–Trinajstić information content (AvgIpc) is 2.56. The van der Waals surface area contributed by atoms with Gasteiger partial charge in [0, 0.05) is 18.8 Å². The minimum absolute atomic E-state index is 0.0179. The van der Waals surface area contributed by atoms with Gasteiger partial charge in [-0.2, -0.15) is 0 Å². The van der Waals surface area contributed by atoms with Gasteiger partial charge in [0.15, 0.2) is 8.32 Å². The maximum Gasteiger partial charge on any atom is 0.306 e. The average molecular weight is 300 g/mol. The molecule has 4 nitrogen and oxygen atoms in total. The molecule has 116 valence electrons. The first kappa shape index (κ1) is 17.4. The van der Waals surface area contributed by atoms with Crippen LogP contribution in [0.4, 0.5) is 0 Å². The molecule has 1 aliphatic carbocycles. The Morgan fingerprint density at radius 1 is 1.30 bits per heavy atom. The summed E-state index contributed by atoms with van der Waals surface area (Å²) in [5.74, 6) is -0.0466. The highest BCUT2D eigenvalue weighted by molar-refractivity contribution is 6.74. The predicted octanol–water partition coefficient (Wildman–Crippen LogP) is 3.31. The van der Waals surface area contributed by atoms with Crippen molar-refractivity contribution in [3.05, 3.63) is 0 Å². The van der Waals surface area contributed by atoms with Crippen LogP contribution in [0.2, 0.25) is 18.1 Å². The summed E-state index contributed by atoms with van der Waals surface area (Å²) in [4.78, 5) is 23.4. The number of Topliss-reactive ketones (excluding diaryl/α,β-unsaturated/α-hetero) is 1. The molecule has 1 rings (SSSR count). The van der Waals surface area contributed by atoms with Crippen molar-refractivity contribution in [1.82, 2.24) is 0 Å². The van der Waals surface area contributed by atoms with E-state index in [0.717, 1.165) is 0 Å². The third-order valence-corrected chi connectivity index (χ3v) is 8.94. The highest BCUT2D eigenvalue weighted by Gasteiger charge is 2.44. The smallest absolute Gasteiger partial charge is 0.306 e. The standard InChI is InChI=1S/C15H28O4Si/c1-7-18-14(17)9-11-8-12(16)10-13(11)19-20(5,6)15(2,3)4/h11,13H,7-10H2,1-6H3/t11?,13-/m0/s1. The summed E-state index contributed by atoms with van der Waals surface area (Å²) in [5.41, 5.74) is 0. The van der Waals surface area contributed by atoms with E-state index in [2.05, 4.69) is 33.9 Å². The molecule has 5 heteroatoms. The molecule has 0 radical (unpaired) electrons. The second-order valence-corrected chi connectivity index (χ2v) is 11.9. The number of rotatable bonds is 5. The number of carbonyl (C=O) groups is 2. The van der Waals surface area contributed by atoms with Gasteiger partial charge in [0.2, 0.25) is 0 Å². The highest BCUT2D eigenvalue weighted by Crippen LogP contribution is 2.40. The summed E-state index contributed by atoms with van der Waals surface area (Å²) < 4.78 is 11.3. The number of carbonyl (C=O) groups excluding carboxylic acids is 2. The third kappa shape index (κ3) is 4.41. The number of hydrogen-bond donors (Lipinski definition) is 0. The topological polar surface area (TPSA) is 52.6 Å². The van der Waals surface area contributed by atoms with E-state index >= 15 is 0 Å². The van der Waals surface area contributed by atoms with Gasteiger partial charge in [0.25, 0.3) is 0 Å². The molecule has 0 spiro atoms. The molecule has 0 aromatic carbocycles. The lowest BCUT2D eigenvalue weighted by atomic mass is 10.0. The van der Waals surface area contributed by atoms with Crippen molar-refractivity contribution in [2.24, 2.45) is 5.92 Å². The number of ketones is 1. The van der Waals surface area contributed by atoms with E-state index < -0.39 is 8.32 Å². The van der Waals surface area contributed by atoms with Gasteiger partial charge in [-0.25, -0.2) is 0 Å². The van der Waals surface area contributed by atoms with Crippen LogP contribution in [0.15, 0.2) is 0 Å². The van der Waals surface area contributed by atoms with E-state index in [9.17, 15) is 9.59 Å². The summed E-state index contributed by atoms with van der Waals surface area (Å²) >= 11 is 0. The Morgan fingerprint density at radius 3 is 2.40 bits per heavy atom. The molecule has 0 saturated heterocycles. The van der Waals surface area contributed by atoms with Crippen LogP contribution in [-0.2, 0) is 18.8 Å². The van der Waals surface area contributed by atoms with E-state index in [0.29, 0.717) is 25.9 Å². The first-order valence-electron chi connectivity index (χ1n) is 7.42. The molecule has 0 heterocycles. The molecule has 1 saturated carbocycles. The molecule has 1 unspecified atom stereocenters. The Balaban J connectivity index is 2.71. The summed E-state index contributed by atoms with van der Waals surface area (Å²) in [5, 5.41) is 0.104. The molecular formula is C15H28O4Si. The van der Waals surface area contributed by atoms with Crippen molar-refractivity contribution in [2.75, 3.05) is 6.61 Å². The first-order chi connectivity index (χ1) is 9.06. The Morgan fingerprint density at radius 2 is 1.90 bits per heavy atom. The van der Waals surface area contributed by atoms with Crippen molar-refractivity contribution in [3.8, 4) is 0 Å². The monoisotopic (exact) mass is 300 g/mol. The Bertz CT molecular complexity index is 371. The molecule has 0 aromatic heterocycles. The zero-order valence-corrected chi connectivity index (χ0v) is 14.6. The number of hydrogen-bond acceptors (Lipinski definition) is 4. The van der Waals surface area contributed by atoms with Crippen LogP contribution in [0.5, 0.6) is 0 Å². The van der Waals surface area contributed by atoms with Gasteiger partial charge < -0.3 is 9.16 Å². The molecule has 0 N–H and O–H groups in total. The molecule has 0 bridgehead atoms. The van der Waals surface area contributed by atoms with Crippen molar-refractivity contribution in [2.45, 2.75) is 71.2 Å². The zero-order valence-electron chi connectivity index (χ0n) is 13.6. The maximum absolute atomic E-state index is 11.7. The van der Waals surface area contributed by atoms with Gasteiger partial charge in [-0.15, -0.1) is 0 Å². The summed E-state index contributed by atoms with van der Waals surface area (Å²) in [6.45, 7) is 13.1. The van der Waals surface area contributed by atoms with E-state index in [-0.39, 0.29) is 28.8 Å². The Hall–Kier alpha value is -0.683. The summed E-state index contributed by atoms with van der Waals surface area (Å²) in [6, 6.07) is 0. The van der Waals surface area contributed by atoms with Crippen LogP contribution in [0, 0.1) is 5.92 Å². The SMILES string of the molecule is CCOC(=O)CC1CC(=O)C[C@@H]1O[Si](C)(C)C(C)(C)C. The summed E-state index contributed by atoms with van der Waals surface area (Å²) in [7, 11) is -1.92. The van der Waals surface area contributed by atoms with Crippen LogP contribution in [0.3, 0.4) is 0 Å². The van der Waals surface area contributed by atoms with E-state index in [1.807, 2.05) is 0 Å². The van der Waals surface area contributed by atoms with Crippen LogP contribution < -0.4 is 0 Å². The Kier molecular flexibility index (Phi) is 5.55. The lowest BCUT2D eigenvalue weighted by Gasteiger charge is -2.39. The normalized spacial score (nSPS) is 24.0. The van der Waals surface area contributed by atoms with Crippen LogP contribution in [0.1, 0.15) is 47.0 Å². The number of ether oxygens (including phenoxy) is 1. The minimum Gasteiger partial charge on any atom is -0.466 e. The lowest BCUT2D eigenvalue weighted by molar-refractivity contribution is -0.144. The zero-order chi connectivity index (χ0) is 15.6. The third-order valence-electron chi connectivity index (χ3n) is 4.43. The lowest BCUT2D eigenvalue weighted by Crippen LogP contribution is -2.45. The highest BCUT2D eigenvalue weighted by atomic mass is 28.4. The maximum atomic E-state index is 11.7. The largest absolute Gasteiger partial charge is 0.466 e. The van der Waals surface area contributed by atoms with Gasteiger partial charge in [-0.05, 0) is 25.1 Å². The van der Waals surface area contributed by atoms with E-state index in [4.69, 9.17) is 9.16 Å². The molecule has 1 fully saturated rings. The van der Waals surface area contributed by atoms with E-state index in [1.54, 1.807) is 6.92 Å². The van der Waals surface area contributed by atoms with Gasteiger partial charge in [-0.3, -0.25) is 9.59 Å². The van der Waals surface area contributed by atoms with Crippen molar-refractivity contribution in [3.63, 3.8) is 0 Å². The molecule has 0 amide bonds. The van der Waals surface area contributed by atoms with Gasteiger partial charge >= 0.3 is 5.97 Å². The molecule has 20 heavy (non-hydrogen) atoms. The van der Waals surface area contributed by atoms with Crippen molar-refractivity contribution in [1.29, 1.82) is 0 Å². The van der Waals surface area contributed by atoms with Gasteiger partial charge in [0.05, 0.1) is 19.1 Å². The predicted molar refractivity (Wildman–Crippen MR) is 81.1 cm³/mol. The fourth-order valence-corrected chi connectivity index (χ4v) is 3.62. The van der Waals surface area contributed by atoms with Crippen molar-refractivity contribution < 1.29 is 18.8 Å². The summed E-state index contributed by atoms with van der Waals surface area (Å²) in [6.07, 6.45) is 1.06. The van der Waals surface area contributed by atoms with E-state index in [1.165, 1.54) is 0 Å². The van der Waals surface area contributed by atoms with Gasteiger partial charge in [-0.1, -0.05) is 20.8 Å².